The van der Waals surface area contributed by atoms with E-state index < -0.39 is 0 Å². The zero-order chi connectivity index (χ0) is 15.2. The molecule has 0 unspecified atom stereocenters. The summed E-state index contributed by atoms with van der Waals surface area (Å²) >= 11 is 0. The van der Waals surface area contributed by atoms with Gasteiger partial charge in [-0.15, -0.1) is 0 Å². The van der Waals surface area contributed by atoms with Crippen LogP contribution >= 0.6 is 0 Å². The molecule has 3 rings (SSSR count). The van der Waals surface area contributed by atoms with E-state index in [-0.39, 0.29) is 0 Å². The van der Waals surface area contributed by atoms with E-state index in [1.54, 1.807) is 18.5 Å². The Balaban J connectivity index is 1.71. The van der Waals surface area contributed by atoms with Crippen molar-refractivity contribution in [2.75, 3.05) is 18.0 Å². The number of anilines is 1. The molecule has 0 spiro atoms. The van der Waals surface area contributed by atoms with Gasteiger partial charge in [-0.25, -0.2) is 0 Å². The first-order chi connectivity index (χ1) is 10.8. The third kappa shape index (κ3) is 3.46. The molecule has 0 aliphatic carbocycles. The molecule has 0 aliphatic heterocycles. The molecule has 6 heteroatoms. The van der Waals surface area contributed by atoms with Gasteiger partial charge in [0, 0.05) is 37.9 Å². The Labute approximate surface area is 129 Å². The van der Waals surface area contributed by atoms with Gasteiger partial charge in [0.1, 0.15) is 5.75 Å². The Kier molecular flexibility index (Phi) is 4.38. The Morgan fingerprint density at radius 1 is 0.864 bits per heavy atom. The summed E-state index contributed by atoms with van der Waals surface area (Å²) < 4.78 is 3.78. The van der Waals surface area contributed by atoms with Crippen LogP contribution in [-0.2, 0) is 13.1 Å². The maximum Gasteiger partial charge on any atom is 0.138 e. The van der Waals surface area contributed by atoms with Crippen LogP contribution in [0.4, 0.5) is 5.69 Å². The number of benzene rings is 1. The van der Waals surface area contributed by atoms with Crippen LogP contribution in [0, 0.1) is 0 Å². The molecule has 0 saturated carbocycles. The van der Waals surface area contributed by atoms with E-state index in [2.05, 4.69) is 15.1 Å². The van der Waals surface area contributed by atoms with Crippen molar-refractivity contribution in [1.82, 2.24) is 19.6 Å². The SMILES string of the molecule is Oc1ccccc1N(CCn1cccn1)CCn1cccn1. The van der Waals surface area contributed by atoms with Crippen molar-refractivity contribution in [2.45, 2.75) is 13.1 Å². The van der Waals surface area contributed by atoms with Crippen LogP contribution in [0.5, 0.6) is 5.75 Å². The summed E-state index contributed by atoms with van der Waals surface area (Å²) in [7, 11) is 0. The average Bonchev–Trinajstić information content (AvgIpc) is 3.21. The van der Waals surface area contributed by atoms with Gasteiger partial charge in [0.2, 0.25) is 0 Å². The fourth-order valence-corrected chi connectivity index (χ4v) is 2.40. The second-order valence-corrected chi connectivity index (χ2v) is 5.01. The molecule has 0 aliphatic rings. The molecule has 22 heavy (non-hydrogen) atoms. The lowest BCUT2D eigenvalue weighted by atomic mass is 10.2. The number of hydrogen-bond acceptors (Lipinski definition) is 4. The molecule has 0 fully saturated rings. The molecule has 2 heterocycles. The van der Waals surface area contributed by atoms with Crippen LogP contribution in [0.1, 0.15) is 0 Å². The van der Waals surface area contributed by atoms with Gasteiger partial charge in [0.05, 0.1) is 18.8 Å². The first-order valence-electron chi connectivity index (χ1n) is 7.31. The topological polar surface area (TPSA) is 59.1 Å². The van der Waals surface area contributed by atoms with Crippen LogP contribution in [0.15, 0.2) is 61.2 Å². The summed E-state index contributed by atoms with van der Waals surface area (Å²) in [6.45, 7) is 3.06. The molecule has 0 saturated heterocycles. The van der Waals surface area contributed by atoms with E-state index in [1.165, 1.54) is 0 Å². The van der Waals surface area contributed by atoms with Crippen LogP contribution in [-0.4, -0.2) is 37.8 Å². The van der Waals surface area contributed by atoms with Crippen LogP contribution in [0.2, 0.25) is 0 Å². The summed E-state index contributed by atoms with van der Waals surface area (Å²) in [5.41, 5.74) is 0.835. The maximum atomic E-state index is 10.1. The lowest BCUT2D eigenvalue weighted by molar-refractivity contribution is 0.470. The summed E-state index contributed by atoms with van der Waals surface area (Å²) in [5, 5.41) is 18.6. The second kappa shape index (κ2) is 6.80. The van der Waals surface area contributed by atoms with Crippen LogP contribution in [0.25, 0.3) is 0 Å². The van der Waals surface area contributed by atoms with E-state index >= 15 is 0 Å². The van der Waals surface area contributed by atoms with Gasteiger partial charge in [-0.1, -0.05) is 12.1 Å². The summed E-state index contributed by atoms with van der Waals surface area (Å²) in [6.07, 6.45) is 7.43. The number of para-hydroxylation sites is 2. The number of aromatic nitrogens is 4. The van der Waals surface area contributed by atoms with E-state index in [9.17, 15) is 5.11 Å². The number of phenolic OH excluding ortho intramolecular Hbond substituents is 1. The average molecular weight is 297 g/mol. The minimum atomic E-state index is 0.295. The highest BCUT2D eigenvalue weighted by Gasteiger charge is 2.11. The van der Waals surface area contributed by atoms with Crippen molar-refractivity contribution in [3.05, 3.63) is 61.2 Å². The lowest BCUT2D eigenvalue weighted by Gasteiger charge is -2.25. The molecule has 0 radical (unpaired) electrons. The number of rotatable bonds is 7. The lowest BCUT2D eigenvalue weighted by Crippen LogP contribution is -2.31. The minimum absolute atomic E-state index is 0.295. The predicted molar refractivity (Wildman–Crippen MR) is 84.8 cm³/mol. The first kappa shape index (κ1) is 14.2. The zero-order valence-corrected chi connectivity index (χ0v) is 12.3. The van der Waals surface area contributed by atoms with Gasteiger partial charge >= 0.3 is 0 Å². The Bertz CT molecular complexity index is 640. The maximum absolute atomic E-state index is 10.1. The van der Waals surface area contributed by atoms with Gasteiger partial charge in [-0.05, 0) is 24.3 Å². The summed E-state index contributed by atoms with van der Waals surface area (Å²) in [5.74, 6) is 0.295. The normalized spacial score (nSPS) is 10.7. The van der Waals surface area contributed by atoms with Crippen molar-refractivity contribution in [2.24, 2.45) is 0 Å². The van der Waals surface area contributed by atoms with Crippen molar-refractivity contribution < 1.29 is 5.11 Å². The number of aromatic hydroxyl groups is 1. The highest BCUT2D eigenvalue weighted by atomic mass is 16.3. The van der Waals surface area contributed by atoms with Crippen molar-refractivity contribution >= 4 is 5.69 Å². The largest absolute Gasteiger partial charge is 0.506 e. The third-order valence-corrected chi connectivity index (χ3v) is 3.54. The van der Waals surface area contributed by atoms with E-state index in [4.69, 9.17) is 0 Å². The highest BCUT2D eigenvalue weighted by Crippen LogP contribution is 2.26. The fraction of sp³-hybridized carbons (Fsp3) is 0.250. The molecular formula is C16H19N5O. The van der Waals surface area contributed by atoms with E-state index in [1.807, 2.05) is 52.1 Å². The monoisotopic (exact) mass is 297 g/mol. The van der Waals surface area contributed by atoms with Gasteiger partial charge in [-0.3, -0.25) is 9.36 Å². The molecular weight excluding hydrogens is 278 g/mol. The zero-order valence-electron chi connectivity index (χ0n) is 12.3. The molecule has 2 aromatic heterocycles. The van der Waals surface area contributed by atoms with Crippen molar-refractivity contribution in [1.29, 1.82) is 0 Å². The molecule has 1 aromatic carbocycles. The molecule has 0 amide bonds. The molecule has 3 aromatic rings. The van der Waals surface area contributed by atoms with Gasteiger partial charge in [0.25, 0.3) is 0 Å². The number of phenols is 1. The second-order valence-electron chi connectivity index (χ2n) is 5.01. The quantitative estimate of drug-likeness (QED) is 0.724. The number of nitrogens with zero attached hydrogens (tertiary/aromatic N) is 5. The van der Waals surface area contributed by atoms with Gasteiger partial charge in [0.15, 0.2) is 0 Å². The van der Waals surface area contributed by atoms with Crippen molar-refractivity contribution in [3.8, 4) is 5.75 Å². The van der Waals surface area contributed by atoms with Crippen molar-refractivity contribution in [3.63, 3.8) is 0 Å². The third-order valence-electron chi connectivity index (χ3n) is 3.54. The summed E-state index contributed by atoms with van der Waals surface area (Å²) in [4.78, 5) is 2.15. The highest BCUT2D eigenvalue weighted by molar-refractivity contribution is 5.57. The molecule has 114 valence electrons. The smallest absolute Gasteiger partial charge is 0.138 e. The Morgan fingerprint density at radius 3 is 1.95 bits per heavy atom. The van der Waals surface area contributed by atoms with Gasteiger partial charge in [-0.2, -0.15) is 10.2 Å². The molecule has 0 atom stereocenters. The van der Waals surface area contributed by atoms with E-state index in [0.29, 0.717) is 5.75 Å². The standard InChI is InChI=1S/C16H19N5O/c22-16-6-2-1-5-15(16)19(11-13-20-9-3-7-17-20)12-14-21-10-4-8-18-21/h1-10,22H,11-14H2. The molecule has 0 bridgehead atoms. The summed E-state index contributed by atoms with van der Waals surface area (Å²) in [6, 6.07) is 11.2. The Morgan fingerprint density at radius 2 is 1.45 bits per heavy atom. The van der Waals surface area contributed by atoms with Crippen LogP contribution < -0.4 is 4.90 Å². The van der Waals surface area contributed by atoms with Crippen LogP contribution in [0.3, 0.4) is 0 Å². The first-order valence-corrected chi connectivity index (χ1v) is 7.31. The predicted octanol–water partition coefficient (Wildman–Crippen LogP) is 1.99. The minimum Gasteiger partial charge on any atom is -0.506 e. The van der Waals surface area contributed by atoms with Gasteiger partial charge < -0.3 is 10.0 Å². The fourth-order valence-electron chi connectivity index (χ4n) is 2.40. The van der Waals surface area contributed by atoms with E-state index in [0.717, 1.165) is 31.9 Å². The molecule has 6 nitrogen and oxygen atoms in total. The molecule has 1 N–H and O–H groups in total. The number of hydrogen-bond donors (Lipinski definition) is 1. The Hall–Kier alpha value is -2.76.